The topological polar surface area (TPSA) is 59.6 Å². The molecule has 2 rings (SSSR count). The van der Waals surface area contributed by atoms with Crippen LogP contribution in [0.4, 0.5) is 11.4 Å². The second-order valence-electron chi connectivity index (χ2n) is 5.41. The summed E-state index contributed by atoms with van der Waals surface area (Å²) in [4.78, 5) is 12.1. The fourth-order valence-corrected chi connectivity index (χ4v) is 1.99. The van der Waals surface area contributed by atoms with Crippen molar-refractivity contribution in [3.05, 3.63) is 60.7 Å². The maximum absolute atomic E-state index is 12.1. The second kappa shape index (κ2) is 8.62. The van der Waals surface area contributed by atoms with Crippen LogP contribution in [0.1, 0.15) is 6.92 Å². The normalized spacial score (nSPS) is 9.92. The minimum atomic E-state index is -0.144. The SMILES string of the molecule is C=C(C)COc1cccc(NC(=O)CNc2cccc(OC)c2)c1. The van der Waals surface area contributed by atoms with Crippen LogP contribution in [0, 0.1) is 0 Å². The smallest absolute Gasteiger partial charge is 0.243 e. The zero-order chi connectivity index (χ0) is 17.4. The van der Waals surface area contributed by atoms with E-state index in [-0.39, 0.29) is 12.5 Å². The van der Waals surface area contributed by atoms with E-state index in [0.717, 1.165) is 17.0 Å². The van der Waals surface area contributed by atoms with Crippen LogP contribution in [0.2, 0.25) is 0 Å². The van der Waals surface area contributed by atoms with Crippen LogP contribution in [-0.2, 0) is 4.79 Å². The number of carbonyl (C=O) groups excluding carboxylic acids is 1. The van der Waals surface area contributed by atoms with Gasteiger partial charge in [-0.3, -0.25) is 4.79 Å². The van der Waals surface area contributed by atoms with Gasteiger partial charge in [0.25, 0.3) is 0 Å². The summed E-state index contributed by atoms with van der Waals surface area (Å²) in [7, 11) is 1.61. The van der Waals surface area contributed by atoms with E-state index in [2.05, 4.69) is 17.2 Å². The molecule has 2 aromatic carbocycles. The molecule has 0 heterocycles. The molecule has 0 atom stereocenters. The Bertz CT molecular complexity index is 713. The lowest BCUT2D eigenvalue weighted by Crippen LogP contribution is -2.21. The van der Waals surface area contributed by atoms with Gasteiger partial charge in [-0.05, 0) is 36.8 Å². The number of carbonyl (C=O) groups is 1. The number of methoxy groups -OCH3 is 1. The van der Waals surface area contributed by atoms with Gasteiger partial charge in [0.15, 0.2) is 0 Å². The molecule has 0 aliphatic carbocycles. The number of nitrogens with one attached hydrogen (secondary N) is 2. The lowest BCUT2D eigenvalue weighted by molar-refractivity contribution is -0.114. The molecule has 5 nitrogen and oxygen atoms in total. The number of benzene rings is 2. The van der Waals surface area contributed by atoms with Crippen molar-refractivity contribution in [3.8, 4) is 11.5 Å². The molecular weight excluding hydrogens is 304 g/mol. The molecule has 0 aliphatic rings. The summed E-state index contributed by atoms with van der Waals surface area (Å²) in [5.41, 5.74) is 2.45. The number of ether oxygens (including phenoxy) is 2. The maximum Gasteiger partial charge on any atom is 0.243 e. The molecule has 0 saturated heterocycles. The van der Waals surface area contributed by atoms with Crippen LogP contribution >= 0.6 is 0 Å². The highest BCUT2D eigenvalue weighted by molar-refractivity contribution is 5.93. The van der Waals surface area contributed by atoms with Crippen LogP contribution in [0.15, 0.2) is 60.7 Å². The molecule has 126 valence electrons. The van der Waals surface area contributed by atoms with Crippen molar-refractivity contribution in [2.75, 3.05) is 30.9 Å². The molecule has 1 amide bonds. The molecule has 0 spiro atoms. The van der Waals surface area contributed by atoms with E-state index in [1.54, 1.807) is 13.2 Å². The van der Waals surface area contributed by atoms with Gasteiger partial charge in [0.05, 0.1) is 13.7 Å². The highest BCUT2D eigenvalue weighted by atomic mass is 16.5. The summed E-state index contributed by atoms with van der Waals surface area (Å²) in [6.07, 6.45) is 0. The summed E-state index contributed by atoms with van der Waals surface area (Å²) in [6.45, 7) is 6.30. The first-order chi connectivity index (χ1) is 11.6. The number of hydrogen-bond acceptors (Lipinski definition) is 4. The lowest BCUT2D eigenvalue weighted by atomic mass is 10.3. The fraction of sp³-hybridized carbons (Fsp3) is 0.211. The first-order valence-electron chi connectivity index (χ1n) is 7.62. The molecule has 2 N–H and O–H groups in total. The van der Waals surface area contributed by atoms with Crippen LogP contribution in [0.25, 0.3) is 0 Å². The molecule has 0 fully saturated rings. The van der Waals surface area contributed by atoms with Crippen molar-refractivity contribution in [1.29, 1.82) is 0 Å². The summed E-state index contributed by atoms with van der Waals surface area (Å²) >= 11 is 0. The first kappa shape index (κ1) is 17.4. The van der Waals surface area contributed by atoms with Gasteiger partial charge in [0.1, 0.15) is 18.1 Å². The third kappa shape index (κ3) is 5.68. The zero-order valence-electron chi connectivity index (χ0n) is 14.0. The summed E-state index contributed by atoms with van der Waals surface area (Å²) in [5, 5.41) is 5.89. The Kier molecular flexibility index (Phi) is 6.25. The van der Waals surface area contributed by atoms with E-state index in [1.807, 2.05) is 49.4 Å². The Labute approximate surface area is 142 Å². The van der Waals surface area contributed by atoms with Crippen molar-refractivity contribution in [2.45, 2.75) is 6.92 Å². The molecule has 0 unspecified atom stereocenters. The third-order valence-electron chi connectivity index (χ3n) is 3.13. The quantitative estimate of drug-likeness (QED) is 0.726. The van der Waals surface area contributed by atoms with E-state index < -0.39 is 0 Å². The van der Waals surface area contributed by atoms with Gasteiger partial charge in [0.2, 0.25) is 5.91 Å². The van der Waals surface area contributed by atoms with Gasteiger partial charge >= 0.3 is 0 Å². The van der Waals surface area contributed by atoms with Crippen molar-refractivity contribution in [2.24, 2.45) is 0 Å². The van der Waals surface area contributed by atoms with Gasteiger partial charge in [0, 0.05) is 23.5 Å². The number of hydrogen-bond donors (Lipinski definition) is 2. The van der Waals surface area contributed by atoms with E-state index in [0.29, 0.717) is 18.0 Å². The molecule has 0 radical (unpaired) electrons. The monoisotopic (exact) mass is 326 g/mol. The van der Waals surface area contributed by atoms with E-state index in [9.17, 15) is 4.79 Å². The van der Waals surface area contributed by atoms with E-state index >= 15 is 0 Å². The average molecular weight is 326 g/mol. The van der Waals surface area contributed by atoms with Gasteiger partial charge in [-0.25, -0.2) is 0 Å². The van der Waals surface area contributed by atoms with E-state index in [4.69, 9.17) is 9.47 Å². The molecule has 0 bridgehead atoms. The second-order valence-corrected chi connectivity index (χ2v) is 5.41. The number of anilines is 2. The first-order valence-corrected chi connectivity index (χ1v) is 7.62. The van der Waals surface area contributed by atoms with Crippen LogP contribution in [0.3, 0.4) is 0 Å². The highest BCUT2D eigenvalue weighted by Crippen LogP contribution is 2.18. The minimum absolute atomic E-state index is 0.144. The standard InChI is InChI=1S/C19H22N2O3/c1-14(2)13-24-18-9-5-7-16(11-18)21-19(22)12-20-15-6-4-8-17(10-15)23-3/h4-11,20H,1,12-13H2,2-3H3,(H,21,22). The minimum Gasteiger partial charge on any atom is -0.497 e. The lowest BCUT2D eigenvalue weighted by Gasteiger charge is -2.10. The van der Waals surface area contributed by atoms with Gasteiger partial charge in [-0.2, -0.15) is 0 Å². The number of rotatable bonds is 8. The third-order valence-corrected chi connectivity index (χ3v) is 3.13. The predicted molar refractivity (Wildman–Crippen MR) is 96.9 cm³/mol. The van der Waals surface area contributed by atoms with Crippen molar-refractivity contribution in [1.82, 2.24) is 0 Å². The van der Waals surface area contributed by atoms with Crippen LogP contribution in [0.5, 0.6) is 11.5 Å². The van der Waals surface area contributed by atoms with Gasteiger partial charge in [-0.15, -0.1) is 0 Å². The molecule has 0 aliphatic heterocycles. The van der Waals surface area contributed by atoms with Crippen molar-refractivity contribution in [3.63, 3.8) is 0 Å². The molecule has 5 heteroatoms. The molecular formula is C19H22N2O3. The molecule has 0 aromatic heterocycles. The van der Waals surface area contributed by atoms with Crippen molar-refractivity contribution >= 4 is 17.3 Å². The van der Waals surface area contributed by atoms with Crippen LogP contribution in [-0.4, -0.2) is 26.2 Å². The molecule has 2 aromatic rings. The van der Waals surface area contributed by atoms with Gasteiger partial charge < -0.3 is 20.1 Å². The zero-order valence-corrected chi connectivity index (χ0v) is 14.0. The van der Waals surface area contributed by atoms with Crippen LogP contribution < -0.4 is 20.1 Å². The largest absolute Gasteiger partial charge is 0.497 e. The van der Waals surface area contributed by atoms with Crippen molar-refractivity contribution < 1.29 is 14.3 Å². The van der Waals surface area contributed by atoms with Gasteiger partial charge in [-0.1, -0.05) is 18.7 Å². The Morgan fingerprint density at radius 2 is 1.75 bits per heavy atom. The Balaban J connectivity index is 1.87. The summed E-state index contributed by atoms with van der Waals surface area (Å²) in [6, 6.07) is 14.7. The molecule has 0 saturated carbocycles. The average Bonchev–Trinajstić information content (AvgIpc) is 2.59. The Morgan fingerprint density at radius 3 is 2.46 bits per heavy atom. The number of amides is 1. The highest BCUT2D eigenvalue weighted by Gasteiger charge is 2.04. The summed E-state index contributed by atoms with van der Waals surface area (Å²) < 4.78 is 10.7. The Hall–Kier alpha value is -2.95. The maximum atomic E-state index is 12.1. The predicted octanol–water partition coefficient (Wildman–Crippen LogP) is 3.70. The Morgan fingerprint density at radius 1 is 1.08 bits per heavy atom. The molecule has 24 heavy (non-hydrogen) atoms. The summed E-state index contributed by atoms with van der Waals surface area (Å²) in [5.74, 6) is 1.29. The van der Waals surface area contributed by atoms with E-state index in [1.165, 1.54) is 0 Å². The fourth-order valence-electron chi connectivity index (χ4n) is 1.99.